The minimum atomic E-state index is 0.103. The summed E-state index contributed by atoms with van der Waals surface area (Å²) in [5, 5.41) is 0. The van der Waals surface area contributed by atoms with Crippen LogP contribution in [-0.2, 0) is 6.42 Å². The molecule has 28 heavy (non-hydrogen) atoms. The summed E-state index contributed by atoms with van der Waals surface area (Å²) < 4.78 is 5.74. The van der Waals surface area contributed by atoms with Gasteiger partial charge in [-0.1, -0.05) is 30.3 Å². The lowest BCUT2D eigenvalue weighted by Gasteiger charge is -2.32. The number of aromatic nitrogens is 1. The van der Waals surface area contributed by atoms with Crippen molar-refractivity contribution in [2.24, 2.45) is 5.92 Å². The Hall–Kier alpha value is -3.14. The average molecular weight is 372 g/mol. The lowest BCUT2D eigenvalue weighted by Crippen LogP contribution is -2.38. The summed E-state index contributed by atoms with van der Waals surface area (Å²) in [5.41, 5.74) is 2.09. The molecule has 1 amide bonds. The Bertz CT molecular complexity index is 887. The zero-order chi connectivity index (χ0) is 19.2. The first-order valence-corrected chi connectivity index (χ1v) is 9.79. The molecule has 1 aliphatic rings. The van der Waals surface area contributed by atoms with Gasteiger partial charge in [0.1, 0.15) is 11.5 Å². The van der Waals surface area contributed by atoms with Gasteiger partial charge in [-0.25, -0.2) is 0 Å². The SMILES string of the molecule is O=C(c1ccc(Oc2cccnc2)cc1)N1CCC(Cc2ccccc2)CC1. The zero-order valence-electron chi connectivity index (χ0n) is 15.8. The summed E-state index contributed by atoms with van der Waals surface area (Å²) in [6.07, 6.45) is 6.59. The molecular formula is C24H24N2O2. The number of carbonyl (C=O) groups excluding carboxylic acids is 1. The van der Waals surface area contributed by atoms with Gasteiger partial charge in [0.25, 0.3) is 5.91 Å². The second kappa shape index (κ2) is 8.70. The van der Waals surface area contributed by atoms with Gasteiger partial charge in [-0.05, 0) is 67.1 Å². The van der Waals surface area contributed by atoms with Crippen LogP contribution in [0, 0.1) is 5.92 Å². The van der Waals surface area contributed by atoms with Gasteiger partial charge in [0.05, 0.1) is 6.20 Å². The van der Waals surface area contributed by atoms with E-state index in [1.165, 1.54) is 5.56 Å². The number of likely N-dealkylation sites (tertiary alicyclic amines) is 1. The predicted molar refractivity (Wildman–Crippen MR) is 110 cm³/mol. The van der Waals surface area contributed by atoms with Crippen LogP contribution in [0.5, 0.6) is 11.5 Å². The summed E-state index contributed by atoms with van der Waals surface area (Å²) in [5.74, 6) is 2.14. The van der Waals surface area contributed by atoms with Crippen molar-refractivity contribution in [3.8, 4) is 11.5 Å². The van der Waals surface area contributed by atoms with Gasteiger partial charge in [0, 0.05) is 24.8 Å². The van der Waals surface area contributed by atoms with Crippen LogP contribution in [0.2, 0.25) is 0 Å². The fourth-order valence-corrected chi connectivity index (χ4v) is 3.68. The van der Waals surface area contributed by atoms with Crippen LogP contribution < -0.4 is 4.74 Å². The molecule has 0 unspecified atom stereocenters. The molecule has 4 nitrogen and oxygen atoms in total. The monoisotopic (exact) mass is 372 g/mol. The summed E-state index contributed by atoms with van der Waals surface area (Å²) in [4.78, 5) is 18.8. The van der Waals surface area contributed by atoms with Crippen molar-refractivity contribution in [1.82, 2.24) is 9.88 Å². The molecule has 0 radical (unpaired) electrons. The van der Waals surface area contributed by atoms with Crippen molar-refractivity contribution in [2.75, 3.05) is 13.1 Å². The Morgan fingerprint density at radius 2 is 1.68 bits per heavy atom. The predicted octanol–water partition coefficient (Wildman–Crippen LogP) is 4.97. The van der Waals surface area contributed by atoms with Gasteiger partial charge in [-0.15, -0.1) is 0 Å². The summed E-state index contributed by atoms with van der Waals surface area (Å²) in [6.45, 7) is 1.65. The maximum atomic E-state index is 12.8. The Morgan fingerprint density at radius 1 is 0.929 bits per heavy atom. The fraction of sp³-hybridized carbons (Fsp3) is 0.250. The second-order valence-corrected chi connectivity index (χ2v) is 7.24. The molecule has 4 rings (SSSR count). The third-order valence-corrected chi connectivity index (χ3v) is 5.24. The van der Waals surface area contributed by atoms with Crippen LogP contribution in [0.4, 0.5) is 0 Å². The lowest BCUT2D eigenvalue weighted by atomic mass is 9.90. The molecular weight excluding hydrogens is 348 g/mol. The zero-order valence-corrected chi connectivity index (χ0v) is 15.8. The largest absolute Gasteiger partial charge is 0.456 e. The highest BCUT2D eigenvalue weighted by atomic mass is 16.5. The maximum absolute atomic E-state index is 12.8. The van der Waals surface area contributed by atoms with E-state index in [0.717, 1.165) is 32.4 Å². The highest BCUT2D eigenvalue weighted by Gasteiger charge is 2.23. The van der Waals surface area contributed by atoms with Gasteiger partial charge in [-0.3, -0.25) is 9.78 Å². The van der Waals surface area contributed by atoms with Gasteiger partial charge in [-0.2, -0.15) is 0 Å². The topological polar surface area (TPSA) is 42.4 Å². The summed E-state index contributed by atoms with van der Waals surface area (Å²) in [6, 6.07) is 21.6. The minimum absolute atomic E-state index is 0.103. The Morgan fingerprint density at radius 3 is 2.36 bits per heavy atom. The molecule has 1 fully saturated rings. The smallest absolute Gasteiger partial charge is 0.253 e. The Labute approximate surface area is 165 Å². The second-order valence-electron chi connectivity index (χ2n) is 7.24. The molecule has 4 heteroatoms. The molecule has 0 spiro atoms. The van der Waals surface area contributed by atoms with Crippen LogP contribution in [0.25, 0.3) is 0 Å². The Balaban J connectivity index is 1.31. The van der Waals surface area contributed by atoms with Crippen molar-refractivity contribution >= 4 is 5.91 Å². The molecule has 3 aromatic rings. The van der Waals surface area contributed by atoms with Crippen molar-refractivity contribution in [3.63, 3.8) is 0 Å². The number of pyridine rings is 1. The van der Waals surface area contributed by atoms with E-state index < -0.39 is 0 Å². The molecule has 0 saturated carbocycles. The highest BCUT2D eigenvalue weighted by molar-refractivity contribution is 5.94. The molecule has 1 aliphatic heterocycles. The molecule has 0 aliphatic carbocycles. The number of ether oxygens (including phenoxy) is 1. The van der Waals surface area contributed by atoms with Gasteiger partial charge >= 0.3 is 0 Å². The van der Waals surface area contributed by atoms with E-state index in [4.69, 9.17) is 4.74 Å². The average Bonchev–Trinajstić information content (AvgIpc) is 2.76. The van der Waals surface area contributed by atoms with Crippen LogP contribution in [0.15, 0.2) is 79.1 Å². The number of hydrogen-bond donors (Lipinski definition) is 0. The van der Waals surface area contributed by atoms with Crippen LogP contribution in [-0.4, -0.2) is 28.9 Å². The normalized spacial score (nSPS) is 14.6. The van der Waals surface area contributed by atoms with E-state index in [9.17, 15) is 4.79 Å². The first-order valence-electron chi connectivity index (χ1n) is 9.79. The quantitative estimate of drug-likeness (QED) is 0.635. The molecule has 0 N–H and O–H groups in total. The number of hydrogen-bond acceptors (Lipinski definition) is 3. The van der Waals surface area contributed by atoms with Crippen LogP contribution in [0.1, 0.15) is 28.8 Å². The van der Waals surface area contributed by atoms with Gasteiger partial charge in [0.2, 0.25) is 0 Å². The van der Waals surface area contributed by atoms with Crippen molar-refractivity contribution < 1.29 is 9.53 Å². The van der Waals surface area contributed by atoms with E-state index in [2.05, 4.69) is 35.3 Å². The molecule has 0 atom stereocenters. The van der Waals surface area contributed by atoms with E-state index in [1.807, 2.05) is 41.3 Å². The van der Waals surface area contributed by atoms with Crippen LogP contribution in [0.3, 0.4) is 0 Å². The van der Waals surface area contributed by atoms with Crippen LogP contribution >= 0.6 is 0 Å². The number of piperidine rings is 1. The van der Waals surface area contributed by atoms with Crippen molar-refractivity contribution in [3.05, 3.63) is 90.3 Å². The van der Waals surface area contributed by atoms with Gasteiger partial charge in [0.15, 0.2) is 0 Å². The standard InChI is InChI=1S/C24H24N2O2/c27-24(21-8-10-22(11-9-21)28-23-7-4-14-25-18-23)26-15-12-20(13-16-26)17-19-5-2-1-3-6-19/h1-11,14,18,20H,12-13,15-17H2. The number of nitrogens with zero attached hydrogens (tertiary/aromatic N) is 2. The maximum Gasteiger partial charge on any atom is 0.253 e. The fourth-order valence-electron chi connectivity index (χ4n) is 3.68. The number of benzene rings is 2. The Kier molecular flexibility index (Phi) is 5.66. The summed E-state index contributed by atoms with van der Waals surface area (Å²) >= 11 is 0. The number of carbonyl (C=O) groups is 1. The summed E-state index contributed by atoms with van der Waals surface area (Å²) in [7, 11) is 0. The van der Waals surface area contributed by atoms with E-state index >= 15 is 0 Å². The first-order chi connectivity index (χ1) is 13.8. The van der Waals surface area contributed by atoms with E-state index in [0.29, 0.717) is 23.0 Å². The highest BCUT2D eigenvalue weighted by Crippen LogP contribution is 2.24. The molecule has 2 aromatic carbocycles. The molecule has 2 heterocycles. The third-order valence-electron chi connectivity index (χ3n) is 5.24. The molecule has 1 aromatic heterocycles. The lowest BCUT2D eigenvalue weighted by molar-refractivity contribution is 0.0690. The minimum Gasteiger partial charge on any atom is -0.456 e. The van der Waals surface area contributed by atoms with E-state index in [1.54, 1.807) is 12.4 Å². The molecule has 1 saturated heterocycles. The van der Waals surface area contributed by atoms with E-state index in [-0.39, 0.29) is 5.91 Å². The molecule has 0 bridgehead atoms. The third kappa shape index (κ3) is 4.58. The van der Waals surface area contributed by atoms with Crippen molar-refractivity contribution in [2.45, 2.75) is 19.3 Å². The van der Waals surface area contributed by atoms with Crippen molar-refractivity contribution in [1.29, 1.82) is 0 Å². The molecule has 142 valence electrons. The number of rotatable bonds is 5. The number of amides is 1. The van der Waals surface area contributed by atoms with Gasteiger partial charge < -0.3 is 9.64 Å². The first kappa shape index (κ1) is 18.2.